The average molecular weight is 517 g/mol. The van der Waals surface area contributed by atoms with E-state index in [1.54, 1.807) is 33.5 Å². The first kappa shape index (κ1) is 26.3. The number of hydrogen-bond acceptors (Lipinski definition) is 11. The lowest BCUT2D eigenvalue weighted by Gasteiger charge is -2.16. The molecule has 1 heterocycles. The normalized spacial score (nSPS) is 10.6. The predicted octanol–water partition coefficient (Wildman–Crippen LogP) is 5.45. The summed E-state index contributed by atoms with van der Waals surface area (Å²) in [6.07, 6.45) is 1.42. The predicted molar refractivity (Wildman–Crippen MR) is 150 cm³/mol. The monoisotopic (exact) mass is 516 g/mol. The summed E-state index contributed by atoms with van der Waals surface area (Å²) < 4.78 is 16.2. The Bertz CT molecular complexity index is 1320. The molecule has 11 nitrogen and oxygen atoms in total. The highest BCUT2D eigenvalue weighted by Crippen LogP contribution is 2.40. The maximum atomic E-state index is 5.42. The molecule has 0 unspecified atom stereocenters. The fourth-order valence-corrected chi connectivity index (χ4v) is 3.64. The maximum Gasteiger partial charge on any atom is 0.232 e. The van der Waals surface area contributed by atoms with Gasteiger partial charge in [0.2, 0.25) is 17.6 Å². The van der Waals surface area contributed by atoms with Gasteiger partial charge in [-0.3, -0.25) is 0 Å². The smallest absolute Gasteiger partial charge is 0.232 e. The summed E-state index contributed by atoms with van der Waals surface area (Å²) in [6.45, 7) is 4.34. The van der Waals surface area contributed by atoms with Gasteiger partial charge < -0.3 is 35.7 Å². The quantitative estimate of drug-likeness (QED) is 0.154. The maximum absolute atomic E-state index is 5.42. The Morgan fingerprint density at radius 2 is 1.32 bits per heavy atom. The highest BCUT2D eigenvalue weighted by atomic mass is 16.5. The number of nitrogens with one attached hydrogen (secondary N) is 5. The van der Waals surface area contributed by atoms with E-state index in [-0.39, 0.29) is 0 Å². The lowest BCUT2D eigenvalue weighted by atomic mass is 10.0. The minimum atomic E-state index is 0.340. The minimum absolute atomic E-state index is 0.340. The molecule has 0 fully saturated rings. The van der Waals surface area contributed by atoms with Crippen LogP contribution in [0.4, 0.5) is 34.6 Å². The highest BCUT2D eigenvalue weighted by Gasteiger charge is 2.14. The molecule has 0 amide bonds. The standard InChI is InChI=1S/C27H32N8O3/c1-17(2)18-10-12-19(13-11-18)33-35-34-22-9-7-6-8-21(22)31-27-29-16-28-26(32-27)30-20-14-23(36-3)25(38-5)24(15-20)37-4/h6-17,33-35H,1-5H3,(H2,28,29,30,31,32). The van der Waals surface area contributed by atoms with Crippen LogP contribution in [-0.4, -0.2) is 36.3 Å². The fraction of sp³-hybridized carbons (Fsp3) is 0.222. The van der Waals surface area contributed by atoms with E-state index in [0.717, 1.165) is 17.1 Å². The average Bonchev–Trinajstić information content (AvgIpc) is 2.94. The zero-order valence-electron chi connectivity index (χ0n) is 22.0. The molecule has 4 rings (SSSR count). The van der Waals surface area contributed by atoms with Gasteiger partial charge in [0.05, 0.1) is 38.4 Å². The van der Waals surface area contributed by atoms with Crippen LogP contribution in [-0.2, 0) is 0 Å². The summed E-state index contributed by atoms with van der Waals surface area (Å²) in [5.74, 6) is 2.71. The van der Waals surface area contributed by atoms with Crippen LogP contribution < -0.4 is 41.2 Å². The third-order valence-electron chi connectivity index (χ3n) is 5.65. The van der Waals surface area contributed by atoms with Crippen molar-refractivity contribution in [2.24, 2.45) is 0 Å². The van der Waals surface area contributed by atoms with Crippen molar-refractivity contribution in [3.05, 3.63) is 72.6 Å². The number of para-hydroxylation sites is 2. The van der Waals surface area contributed by atoms with Gasteiger partial charge in [0.15, 0.2) is 11.5 Å². The Labute approximate surface area is 221 Å². The second kappa shape index (κ2) is 12.5. The van der Waals surface area contributed by atoms with Crippen LogP contribution in [0.25, 0.3) is 0 Å². The van der Waals surface area contributed by atoms with Gasteiger partial charge in [0.25, 0.3) is 0 Å². The van der Waals surface area contributed by atoms with Crippen LogP contribution in [0.2, 0.25) is 0 Å². The molecule has 0 bridgehead atoms. The minimum Gasteiger partial charge on any atom is -0.493 e. The van der Waals surface area contributed by atoms with Crippen molar-refractivity contribution in [3.63, 3.8) is 0 Å². The molecular weight excluding hydrogens is 484 g/mol. The van der Waals surface area contributed by atoms with E-state index < -0.39 is 0 Å². The van der Waals surface area contributed by atoms with Gasteiger partial charge in [-0.1, -0.05) is 38.1 Å². The third kappa shape index (κ3) is 6.51. The SMILES string of the molecule is COc1cc(Nc2ncnc(Nc3ccccc3NNNc3ccc(C(C)C)cc3)n2)cc(OC)c1OC. The van der Waals surface area contributed by atoms with Crippen molar-refractivity contribution in [2.75, 3.05) is 42.8 Å². The molecule has 5 N–H and O–H groups in total. The van der Waals surface area contributed by atoms with Crippen LogP contribution in [0, 0.1) is 0 Å². The van der Waals surface area contributed by atoms with Crippen molar-refractivity contribution in [1.29, 1.82) is 0 Å². The van der Waals surface area contributed by atoms with Crippen LogP contribution in [0.15, 0.2) is 67.0 Å². The molecule has 0 atom stereocenters. The molecule has 38 heavy (non-hydrogen) atoms. The van der Waals surface area contributed by atoms with Crippen molar-refractivity contribution in [1.82, 2.24) is 20.5 Å². The third-order valence-corrected chi connectivity index (χ3v) is 5.65. The van der Waals surface area contributed by atoms with Gasteiger partial charge in [0.1, 0.15) is 6.33 Å². The van der Waals surface area contributed by atoms with Gasteiger partial charge in [-0.15, -0.1) is 5.53 Å². The molecule has 0 radical (unpaired) electrons. The summed E-state index contributed by atoms with van der Waals surface area (Å²) in [5, 5.41) is 6.38. The molecule has 0 aliphatic carbocycles. The zero-order chi connectivity index (χ0) is 26.9. The Morgan fingerprint density at radius 1 is 0.684 bits per heavy atom. The van der Waals surface area contributed by atoms with E-state index in [1.165, 1.54) is 11.9 Å². The summed E-state index contributed by atoms with van der Waals surface area (Å²) in [5.41, 5.74) is 13.8. The van der Waals surface area contributed by atoms with E-state index in [4.69, 9.17) is 14.2 Å². The molecule has 0 aliphatic rings. The Balaban J connectivity index is 1.43. The number of nitrogens with zero attached hydrogens (tertiary/aromatic N) is 3. The van der Waals surface area contributed by atoms with E-state index in [2.05, 4.69) is 68.0 Å². The Kier molecular flexibility index (Phi) is 8.62. The van der Waals surface area contributed by atoms with Crippen LogP contribution in [0.3, 0.4) is 0 Å². The largest absolute Gasteiger partial charge is 0.493 e. The van der Waals surface area contributed by atoms with Gasteiger partial charge in [0, 0.05) is 17.8 Å². The van der Waals surface area contributed by atoms with Gasteiger partial charge in [-0.25, -0.2) is 9.97 Å². The number of methoxy groups -OCH3 is 3. The second-order valence-electron chi connectivity index (χ2n) is 8.49. The van der Waals surface area contributed by atoms with Crippen LogP contribution in [0.1, 0.15) is 25.3 Å². The molecule has 4 aromatic rings. The van der Waals surface area contributed by atoms with E-state index >= 15 is 0 Å². The van der Waals surface area contributed by atoms with Crippen LogP contribution in [0.5, 0.6) is 17.2 Å². The molecule has 0 saturated heterocycles. The van der Waals surface area contributed by atoms with Crippen molar-refractivity contribution >= 4 is 34.6 Å². The number of aromatic nitrogens is 3. The molecule has 1 aromatic heterocycles. The van der Waals surface area contributed by atoms with E-state index in [0.29, 0.717) is 40.8 Å². The van der Waals surface area contributed by atoms with Crippen molar-refractivity contribution in [3.8, 4) is 17.2 Å². The topological polar surface area (TPSA) is 127 Å². The molecule has 0 aliphatic heterocycles. The second-order valence-corrected chi connectivity index (χ2v) is 8.49. The van der Waals surface area contributed by atoms with E-state index in [9.17, 15) is 0 Å². The molecule has 198 valence electrons. The molecular formula is C27H32N8O3. The first-order valence-electron chi connectivity index (χ1n) is 12.0. The summed E-state index contributed by atoms with van der Waals surface area (Å²) in [4.78, 5) is 13.0. The summed E-state index contributed by atoms with van der Waals surface area (Å²) >= 11 is 0. The Morgan fingerprint density at radius 3 is 1.92 bits per heavy atom. The summed E-state index contributed by atoms with van der Waals surface area (Å²) in [7, 11) is 4.68. The number of hydrazine groups is 2. The number of rotatable bonds is 12. The fourth-order valence-electron chi connectivity index (χ4n) is 3.64. The zero-order valence-corrected chi connectivity index (χ0v) is 22.0. The number of hydrogen-bond donors (Lipinski definition) is 5. The molecule has 3 aromatic carbocycles. The highest BCUT2D eigenvalue weighted by molar-refractivity contribution is 5.72. The number of anilines is 6. The molecule has 11 heteroatoms. The van der Waals surface area contributed by atoms with Gasteiger partial charge in [-0.2, -0.15) is 4.98 Å². The van der Waals surface area contributed by atoms with E-state index in [1.807, 2.05) is 36.4 Å². The number of benzene rings is 3. The van der Waals surface area contributed by atoms with Gasteiger partial charge >= 0.3 is 0 Å². The molecule has 0 saturated carbocycles. The first-order valence-corrected chi connectivity index (χ1v) is 12.0. The first-order chi connectivity index (χ1) is 18.5. The Hall–Kier alpha value is -4.77. The van der Waals surface area contributed by atoms with Crippen LogP contribution >= 0.6 is 0 Å². The van der Waals surface area contributed by atoms with Crippen molar-refractivity contribution < 1.29 is 14.2 Å². The summed E-state index contributed by atoms with van der Waals surface area (Å²) in [6, 6.07) is 19.5. The number of ether oxygens (including phenoxy) is 3. The van der Waals surface area contributed by atoms with Gasteiger partial charge in [-0.05, 0) is 35.7 Å². The molecule has 0 spiro atoms. The lowest BCUT2D eigenvalue weighted by Crippen LogP contribution is -2.28. The van der Waals surface area contributed by atoms with Crippen molar-refractivity contribution in [2.45, 2.75) is 19.8 Å². The lowest BCUT2D eigenvalue weighted by molar-refractivity contribution is 0.324.